The molecule has 1 aliphatic rings. The molecule has 1 fully saturated rings. The molecule has 2 nitrogen and oxygen atoms in total. The molecule has 0 saturated carbocycles. The van der Waals surface area contributed by atoms with Crippen LogP contribution >= 0.6 is 27.7 Å². The topological polar surface area (TPSA) is 20.3 Å². The molecule has 1 aromatic rings. The summed E-state index contributed by atoms with van der Waals surface area (Å²) in [5.74, 6) is 1.53. The van der Waals surface area contributed by atoms with Crippen LogP contribution < -0.4 is 0 Å². The van der Waals surface area contributed by atoms with Gasteiger partial charge in [0.2, 0.25) is 5.91 Å². The van der Waals surface area contributed by atoms with E-state index in [4.69, 9.17) is 0 Å². The molecule has 4 heteroatoms. The first-order valence-corrected chi connectivity index (χ1v) is 8.42. The zero-order valence-corrected chi connectivity index (χ0v) is 12.8. The summed E-state index contributed by atoms with van der Waals surface area (Å²) in [5, 5.41) is 1.04. The van der Waals surface area contributed by atoms with E-state index in [-0.39, 0.29) is 5.91 Å². The van der Waals surface area contributed by atoms with Crippen LogP contribution in [0, 0.1) is 5.92 Å². The molecule has 18 heavy (non-hydrogen) atoms. The van der Waals surface area contributed by atoms with Crippen LogP contribution in [0.3, 0.4) is 0 Å². The zero-order valence-electron chi connectivity index (χ0n) is 10.3. The van der Waals surface area contributed by atoms with Crippen molar-refractivity contribution in [3.8, 4) is 0 Å². The van der Waals surface area contributed by atoms with Gasteiger partial charge < -0.3 is 4.90 Å². The van der Waals surface area contributed by atoms with Crippen LogP contribution in [0.15, 0.2) is 35.2 Å². The average molecular weight is 328 g/mol. The fraction of sp³-hybridized carbons (Fsp3) is 0.500. The van der Waals surface area contributed by atoms with Crippen molar-refractivity contribution < 1.29 is 4.79 Å². The Labute approximate surface area is 121 Å². The molecule has 1 atom stereocenters. The summed E-state index contributed by atoms with van der Waals surface area (Å²) in [6.45, 7) is 1.88. The Kier molecular flexibility index (Phi) is 5.57. The fourth-order valence-corrected chi connectivity index (χ4v) is 3.67. The molecule has 1 amide bonds. The minimum Gasteiger partial charge on any atom is -0.342 e. The second kappa shape index (κ2) is 7.19. The monoisotopic (exact) mass is 327 g/mol. The van der Waals surface area contributed by atoms with Crippen molar-refractivity contribution >= 4 is 33.6 Å². The third-order valence-electron chi connectivity index (χ3n) is 3.26. The molecule has 0 aromatic heterocycles. The standard InChI is InChI=1S/C14H18BrNOS/c15-8-6-12-7-9-16(10-12)14(17)11-18-13-4-2-1-3-5-13/h1-5,12H,6-11H2. The smallest absolute Gasteiger partial charge is 0.232 e. The van der Waals surface area contributed by atoms with Crippen molar-refractivity contribution in [3.63, 3.8) is 0 Å². The number of hydrogen-bond acceptors (Lipinski definition) is 2. The minimum atomic E-state index is 0.279. The van der Waals surface area contributed by atoms with Crippen molar-refractivity contribution in [1.29, 1.82) is 0 Å². The number of carbonyl (C=O) groups is 1. The Bertz CT molecular complexity index is 385. The third kappa shape index (κ3) is 4.02. The molecule has 0 radical (unpaired) electrons. The Balaban J connectivity index is 1.76. The summed E-state index contributed by atoms with van der Waals surface area (Å²) < 4.78 is 0. The van der Waals surface area contributed by atoms with E-state index in [9.17, 15) is 4.79 Å². The van der Waals surface area contributed by atoms with Crippen LogP contribution in [-0.4, -0.2) is 35.0 Å². The summed E-state index contributed by atoms with van der Waals surface area (Å²) in [4.78, 5) is 15.2. The summed E-state index contributed by atoms with van der Waals surface area (Å²) in [6.07, 6.45) is 2.34. The normalized spacial score (nSPS) is 19.2. The third-order valence-corrected chi connectivity index (χ3v) is 4.72. The summed E-state index contributed by atoms with van der Waals surface area (Å²) in [5.41, 5.74) is 0. The number of likely N-dealkylation sites (tertiary alicyclic amines) is 1. The van der Waals surface area contributed by atoms with Crippen LogP contribution in [0.4, 0.5) is 0 Å². The molecule has 1 saturated heterocycles. The lowest BCUT2D eigenvalue weighted by molar-refractivity contribution is -0.127. The lowest BCUT2D eigenvalue weighted by Crippen LogP contribution is -2.30. The first-order valence-electron chi connectivity index (χ1n) is 6.31. The zero-order chi connectivity index (χ0) is 12.8. The van der Waals surface area contributed by atoms with Gasteiger partial charge in [0.25, 0.3) is 0 Å². The number of hydrogen-bond donors (Lipinski definition) is 0. The second-order valence-corrected chi connectivity index (χ2v) is 6.42. The first kappa shape index (κ1) is 13.9. The van der Waals surface area contributed by atoms with E-state index in [0.717, 1.165) is 24.8 Å². The van der Waals surface area contributed by atoms with Gasteiger partial charge in [-0.2, -0.15) is 0 Å². The number of carbonyl (C=O) groups excluding carboxylic acids is 1. The van der Waals surface area contributed by atoms with E-state index >= 15 is 0 Å². The van der Waals surface area contributed by atoms with Crippen LogP contribution in [0.25, 0.3) is 0 Å². The highest BCUT2D eigenvalue weighted by molar-refractivity contribution is 9.09. The molecule has 0 spiro atoms. The highest BCUT2D eigenvalue weighted by Crippen LogP contribution is 2.23. The molecular formula is C14H18BrNOS. The van der Waals surface area contributed by atoms with Crippen LogP contribution in [0.1, 0.15) is 12.8 Å². The molecule has 1 aliphatic heterocycles. The minimum absolute atomic E-state index is 0.279. The Morgan fingerprint density at radius 1 is 1.39 bits per heavy atom. The highest BCUT2D eigenvalue weighted by Gasteiger charge is 2.25. The maximum absolute atomic E-state index is 12.1. The predicted molar refractivity (Wildman–Crippen MR) is 80.3 cm³/mol. The summed E-state index contributed by atoms with van der Waals surface area (Å²) in [6, 6.07) is 10.1. The van der Waals surface area contributed by atoms with Gasteiger partial charge in [-0.05, 0) is 30.9 Å². The Morgan fingerprint density at radius 2 is 2.17 bits per heavy atom. The van der Waals surface area contributed by atoms with Crippen molar-refractivity contribution in [2.75, 3.05) is 24.2 Å². The van der Waals surface area contributed by atoms with Crippen molar-refractivity contribution in [2.24, 2.45) is 5.92 Å². The lowest BCUT2D eigenvalue weighted by Gasteiger charge is -2.16. The van der Waals surface area contributed by atoms with Gasteiger partial charge in [-0.1, -0.05) is 34.1 Å². The number of rotatable bonds is 5. The average Bonchev–Trinajstić information content (AvgIpc) is 2.86. The lowest BCUT2D eigenvalue weighted by atomic mass is 10.1. The first-order chi connectivity index (χ1) is 8.79. The maximum atomic E-state index is 12.1. The van der Waals surface area contributed by atoms with Gasteiger partial charge in [-0.15, -0.1) is 11.8 Å². The number of thioether (sulfide) groups is 1. The number of benzene rings is 1. The number of alkyl halides is 1. The summed E-state index contributed by atoms with van der Waals surface area (Å²) >= 11 is 5.10. The van der Waals surface area contributed by atoms with Gasteiger partial charge in [0.05, 0.1) is 5.75 Å². The van der Waals surface area contributed by atoms with E-state index < -0.39 is 0 Å². The van der Waals surface area contributed by atoms with Gasteiger partial charge in [-0.3, -0.25) is 4.79 Å². The van der Waals surface area contributed by atoms with E-state index in [1.807, 2.05) is 23.1 Å². The van der Waals surface area contributed by atoms with Gasteiger partial charge in [0.1, 0.15) is 0 Å². The van der Waals surface area contributed by atoms with Crippen LogP contribution in [0.2, 0.25) is 0 Å². The number of halogens is 1. The van der Waals surface area contributed by atoms with Crippen molar-refractivity contribution in [3.05, 3.63) is 30.3 Å². The molecule has 1 unspecified atom stereocenters. The summed E-state index contributed by atoms with van der Waals surface area (Å²) in [7, 11) is 0. The predicted octanol–water partition coefficient (Wildman–Crippen LogP) is 3.41. The molecule has 1 heterocycles. The molecule has 2 rings (SSSR count). The molecular weight excluding hydrogens is 310 g/mol. The maximum Gasteiger partial charge on any atom is 0.232 e. The van der Waals surface area contributed by atoms with E-state index in [0.29, 0.717) is 11.7 Å². The second-order valence-electron chi connectivity index (χ2n) is 4.57. The van der Waals surface area contributed by atoms with Crippen molar-refractivity contribution in [2.45, 2.75) is 17.7 Å². The Hall–Kier alpha value is -0.480. The number of nitrogens with zero attached hydrogens (tertiary/aromatic N) is 1. The van der Waals surface area contributed by atoms with Gasteiger partial charge in [-0.25, -0.2) is 0 Å². The van der Waals surface area contributed by atoms with Crippen molar-refractivity contribution in [1.82, 2.24) is 4.90 Å². The van der Waals surface area contributed by atoms with Crippen LogP contribution in [-0.2, 0) is 4.79 Å². The number of amides is 1. The van der Waals surface area contributed by atoms with E-state index in [1.54, 1.807) is 11.8 Å². The Morgan fingerprint density at radius 3 is 2.89 bits per heavy atom. The van der Waals surface area contributed by atoms with Gasteiger partial charge >= 0.3 is 0 Å². The van der Waals surface area contributed by atoms with Gasteiger partial charge in [0.15, 0.2) is 0 Å². The van der Waals surface area contributed by atoms with E-state index in [2.05, 4.69) is 28.1 Å². The largest absolute Gasteiger partial charge is 0.342 e. The molecule has 1 aromatic carbocycles. The van der Waals surface area contributed by atoms with Gasteiger partial charge in [0, 0.05) is 23.3 Å². The molecule has 0 bridgehead atoms. The highest BCUT2D eigenvalue weighted by atomic mass is 79.9. The molecule has 0 N–H and O–H groups in total. The molecule has 98 valence electrons. The quantitative estimate of drug-likeness (QED) is 0.610. The fourth-order valence-electron chi connectivity index (χ4n) is 2.20. The molecule has 0 aliphatic carbocycles. The van der Waals surface area contributed by atoms with E-state index in [1.165, 1.54) is 11.3 Å². The van der Waals surface area contributed by atoms with Crippen LogP contribution in [0.5, 0.6) is 0 Å². The SMILES string of the molecule is O=C(CSc1ccccc1)N1CCC(CCBr)C1.